The Morgan fingerprint density at radius 2 is 1.89 bits per heavy atom. The second-order valence-electron chi connectivity index (χ2n) is 12.2. The van der Waals surface area contributed by atoms with Gasteiger partial charge in [0.05, 0.1) is 24.2 Å². The van der Waals surface area contributed by atoms with Gasteiger partial charge in [-0.3, -0.25) is 19.4 Å². The minimum atomic E-state index is -0.825. The lowest BCUT2D eigenvalue weighted by molar-refractivity contribution is -0.139. The first-order chi connectivity index (χ1) is 21.4. The van der Waals surface area contributed by atoms with E-state index in [-0.39, 0.29) is 29.7 Å². The van der Waals surface area contributed by atoms with Crippen molar-refractivity contribution in [3.05, 3.63) is 94.4 Å². The van der Waals surface area contributed by atoms with Crippen LogP contribution in [0.4, 0.5) is 5.82 Å². The van der Waals surface area contributed by atoms with Crippen molar-refractivity contribution < 1.29 is 19.1 Å². The lowest BCUT2D eigenvalue weighted by atomic mass is 9.79. The molecule has 5 heterocycles. The molecule has 10 heteroatoms. The van der Waals surface area contributed by atoms with Crippen molar-refractivity contribution in [1.29, 1.82) is 0 Å². The summed E-state index contributed by atoms with van der Waals surface area (Å²) in [6, 6.07) is 13.3. The number of aromatic nitrogens is 2. The van der Waals surface area contributed by atoms with Crippen molar-refractivity contribution in [2.24, 2.45) is 0 Å². The molecule has 1 fully saturated rings. The van der Waals surface area contributed by atoms with Gasteiger partial charge < -0.3 is 25.6 Å². The van der Waals surface area contributed by atoms with Gasteiger partial charge in [-0.05, 0) is 48.6 Å². The van der Waals surface area contributed by atoms with Gasteiger partial charge >= 0.3 is 0 Å². The zero-order valence-electron chi connectivity index (χ0n) is 24.7. The molecule has 4 atom stereocenters. The molecule has 7 bridgehead atoms. The summed E-state index contributed by atoms with van der Waals surface area (Å²) in [7, 11) is 0. The molecule has 1 spiro atoms. The third kappa shape index (κ3) is 5.07. The first kappa shape index (κ1) is 28.4. The van der Waals surface area contributed by atoms with Gasteiger partial charge in [0.2, 0.25) is 11.8 Å². The molecule has 2 aromatic heterocycles. The Bertz CT molecular complexity index is 1640. The van der Waals surface area contributed by atoms with E-state index in [0.717, 1.165) is 27.9 Å². The number of carbonyl (C=O) groups is 3. The Labute approximate surface area is 256 Å². The van der Waals surface area contributed by atoms with Crippen molar-refractivity contribution in [2.45, 2.75) is 49.6 Å². The number of nitrogens with zero attached hydrogens (tertiary/aromatic N) is 3. The van der Waals surface area contributed by atoms with Crippen molar-refractivity contribution in [2.75, 3.05) is 38.2 Å². The number of amides is 3. The smallest absolute Gasteiger partial charge is 0.253 e. The van der Waals surface area contributed by atoms with Gasteiger partial charge in [-0.2, -0.15) is 0 Å². The topological polar surface area (TPSA) is 126 Å². The quantitative estimate of drug-likeness (QED) is 0.397. The van der Waals surface area contributed by atoms with Crippen LogP contribution in [-0.2, 0) is 32.6 Å². The van der Waals surface area contributed by atoms with Gasteiger partial charge in [0.15, 0.2) is 0 Å². The van der Waals surface area contributed by atoms with Crippen molar-refractivity contribution in [3.8, 4) is 0 Å². The molecule has 3 N–H and O–H groups in total. The number of carbonyl (C=O) groups excluding carboxylic acids is 3. The average Bonchev–Trinajstić information content (AvgIpc) is 3.55. The molecule has 44 heavy (non-hydrogen) atoms. The summed E-state index contributed by atoms with van der Waals surface area (Å²) in [4.78, 5) is 51.9. The van der Waals surface area contributed by atoms with E-state index in [2.05, 4.69) is 45.0 Å². The van der Waals surface area contributed by atoms with Crippen molar-refractivity contribution >= 4 is 29.6 Å². The molecule has 3 unspecified atom stereocenters. The maximum absolute atomic E-state index is 13.8. The van der Waals surface area contributed by atoms with Crippen molar-refractivity contribution in [1.82, 2.24) is 25.5 Å². The molecule has 3 aromatic rings. The van der Waals surface area contributed by atoms with Gasteiger partial charge in [0, 0.05) is 61.7 Å². The van der Waals surface area contributed by atoms with Gasteiger partial charge in [-0.25, -0.2) is 4.98 Å². The van der Waals surface area contributed by atoms with Gasteiger partial charge in [-0.15, -0.1) is 0 Å². The van der Waals surface area contributed by atoms with Crippen LogP contribution in [0.2, 0.25) is 0 Å². The number of nitrogens with one attached hydrogen (secondary N) is 3. The van der Waals surface area contributed by atoms with E-state index in [1.807, 2.05) is 47.4 Å². The van der Waals surface area contributed by atoms with Gasteiger partial charge in [-0.1, -0.05) is 42.5 Å². The molecule has 1 aliphatic carbocycles. The predicted molar refractivity (Wildman–Crippen MR) is 165 cm³/mol. The van der Waals surface area contributed by atoms with Gasteiger partial charge in [0.25, 0.3) is 5.91 Å². The molecule has 0 radical (unpaired) electrons. The zero-order chi connectivity index (χ0) is 30.3. The lowest BCUT2D eigenvalue weighted by Gasteiger charge is -2.43. The molecule has 226 valence electrons. The fraction of sp³-hybridized carbons (Fsp3) is 0.382. The van der Waals surface area contributed by atoms with Crippen LogP contribution in [0, 0.1) is 0 Å². The maximum atomic E-state index is 13.8. The van der Waals surface area contributed by atoms with Crippen LogP contribution in [0.3, 0.4) is 0 Å². The molecule has 0 saturated carbocycles. The Hall–Kier alpha value is -4.41. The highest BCUT2D eigenvalue weighted by Crippen LogP contribution is 2.46. The third-order valence-electron chi connectivity index (χ3n) is 9.53. The van der Waals surface area contributed by atoms with Crippen LogP contribution in [0.5, 0.6) is 0 Å². The number of ether oxygens (including phenoxy) is 1. The van der Waals surface area contributed by atoms with Crippen LogP contribution < -0.4 is 16.0 Å². The highest BCUT2D eigenvalue weighted by Gasteiger charge is 2.52. The Kier molecular flexibility index (Phi) is 7.47. The average molecular weight is 593 g/mol. The summed E-state index contributed by atoms with van der Waals surface area (Å²) >= 11 is 0. The van der Waals surface area contributed by atoms with Gasteiger partial charge in [0.1, 0.15) is 11.9 Å². The zero-order valence-corrected chi connectivity index (χ0v) is 24.7. The Balaban J connectivity index is 1.21. The summed E-state index contributed by atoms with van der Waals surface area (Å²) in [5.74, 6) is 0.0987. The second-order valence-corrected chi connectivity index (χ2v) is 12.2. The predicted octanol–water partition coefficient (Wildman–Crippen LogP) is 2.60. The number of pyridine rings is 2. The molecule has 1 saturated heterocycles. The first-order valence-electron chi connectivity index (χ1n) is 15.3. The van der Waals surface area contributed by atoms with E-state index in [1.54, 1.807) is 12.4 Å². The third-order valence-corrected chi connectivity index (χ3v) is 9.53. The van der Waals surface area contributed by atoms with Crippen LogP contribution in [0.25, 0.3) is 6.08 Å². The van der Waals surface area contributed by atoms with E-state index in [1.165, 1.54) is 0 Å². The van der Waals surface area contributed by atoms with E-state index in [4.69, 9.17) is 4.74 Å². The minimum Gasteiger partial charge on any atom is -0.376 e. The number of rotatable bonds is 1. The fourth-order valence-corrected chi connectivity index (χ4v) is 7.15. The highest BCUT2D eigenvalue weighted by molar-refractivity contribution is 6.06. The lowest BCUT2D eigenvalue weighted by Crippen LogP contribution is -2.59. The summed E-state index contributed by atoms with van der Waals surface area (Å²) in [6.07, 6.45) is 8.56. The maximum Gasteiger partial charge on any atom is 0.253 e. The van der Waals surface area contributed by atoms with Crippen LogP contribution in [0.1, 0.15) is 57.6 Å². The summed E-state index contributed by atoms with van der Waals surface area (Å²) in [6.45, 7) is 4.83. The minimum absolute atomic E-state index is 0.0290. The SMILES string of the molecule is CC1C(c2ccccc2)CC2NC(=O)c3cnc4c(c3)C[C@@]3(C4)C(=O)Nc4ncc(cc43)/C=C\COCCNCCN1C2=O. The number of anilines is 1. The van der Waals surface area contributed by atoms with Crippen LogP contribution in [-0.4, -0.2) is 77.5 Å². The number of hydrogen-bond donors (Lipinski definition) is 3. The van der Waals surface area contributed by atoms with Crippen molar-refractivity contribution in [3.63, 3.8) is 0 Å². The molecule has 1 aromatic carbocycles. The molecular formula is C34H36N6O4. The Morgan fingerprint density at radius 3 is 2.75 bits per heavy atom. The van der Waals surface area contributed by atoms with Crippen LogP contribution >= 0.6 is 0 Å². The Morgan fingerprint density at radius 1 is 1.02 bits per heavy atom. The monoisotopic (exact) mass is 592 g/mol. The standard InChI is InChI=1S/C34H36N6O4/c1-21-26(23-7-3-2-4-8-23)16-28-32(42)40(21)11-9-35-10-13-44-12-5-6-22-14-27-30(37-19-22)39-33(43)34(27)17-24-15-25(31(41)38-28)20-36-29(24)18-34/h2-8,14-15,19-21,26,28,35H,9-13,16-18H2,1H3,(H,38,41)(H,37,39,43)/b6-5-/t21?,26?,28?,34-/m0/s1. The summed E-state index contributed by atoms with van der Waals surface area (Å²) < 4.78 is 5.79. The normalized spacial score (nSPS) is 27.7. The molecule has 3 aliphatic heterocycles. The number of benzene rings is 1. The molecular weight excluding hydrogens is 556 g/mol. The van der Waals surface area contributed by atoms with E-state index < -0.39 is 11.5 Å². The molecule has 7 rings (SSSR count). The number of fused-ring (bicyclic) bond motifs is 4. The van der Waals surface area contributed by atoms with E-state index in [0.29, 0.717) is 63.5 Å². The largest absolute Gasteiger partial charge is 0.376 e. The number of piperidine rings is 1. The molecule has 3 amide bonds. The fourth-order valence-electron chi connectivity index (χ4n) is 7.15. The van der Waals surface area contributed by atoms with E-state index >= 15 is 0 Å². The number of hydrogen-bond acceptors (Lipinski definition) is 7. The van der Waals surface area contributed by atoms with Crippen LogP contribution in [0.15, 0.2) is 60.9 Å². The molecule has 4 aliphatic rings. The molecule has 10 nitrogen and oxygen atoms in total. The van der Waals surface area contributed by atoms with E-state index in [9.17, 15) is 14.4 Å². The highest BCUT2D eigenvalue weighted by atomic mass is 16.5. The summed E-state index contributed by atoms with van der Waals surface area (Å²) in [5, 5.41) is 9.38. The first-order valence-corrected chi connectivity index (χ1v) is 15.3. The second kappa shape index (κ2) is 11.6. The summed E-state index contributed by atoms with van der Waals surface area (Å²) in [5.41, 5.74) is 4.08.